The zero-order valence-electron chi connectivity index (χ0n) is 8.36. The Balaban J connectivity index is 0.00000112. The SMILES string of the molecule is Cl.O=C(NCCc1ccsc1)C1CNC1. The van der Waals surface area contributed by atoms with Crippen LogP contribution in [-0.2, 0) is 11.2 Å². The summed E-state index contributed by atoms with van der Waals surface area (Å²) in [5, 5.41) is 10.2. The van der Waals surface area contributed by atoms with Crippen LogP contribution in [-0.4, -0.2) is 25.5 Å². The van der Waals surface area contributed by atoms with Gasteiger partial charge in [-0.1, -0.05) is 0 Å². The van der Waals surface area contributed by atoms with Crippen molar-refractivity contribution in [1.82, 2.24) is 10.6 Å². The van der Waals surface area contributed by atoms with Gasteiger partial charge in [-0.25, -0.2) is 0 Å². The van der Waals surface area contributed by atoms with E-state index in [1.165, 1.54) is 5.56 Å². The first-order valence-corrected chi connectivity index (χ1v) is 5.80. The molecule has 0 bridgehead atoms. The van der Waals surface area contributed by atoms with Gasteiger partial charge in [0.15, 0.2) is 0 Å². The van der Waals surface area contributed by atoms with Gasteiger partial charge in [0.25, 0.3) is 0 Å². The molecular formula is C10H15ClN2OS. The molecule has 0 aliphatic carbocycles. The molecule has 1 saturated heterocycles. The number of amides is 1. The van der Waals surface area contributed by atoms with Crippen molar-refractivity contribution in [2.45, 2.75) is 6.42 Å². The van der Waals surface area contributed by atoms with E-state index in [9.17, 15) is 4.79 Å². The highest BCUT2D eigenvalue weighted by molar-refractivity contribution is 7.07. The van der Waals surface area contributed by atoms with Gasteiger partial charge in [0.05, 0.1) is 5.92 Å². The summed E-state index contributed by atoms with van der Waals surface area (Å²) in [6.07, 6.45) is 0.940. The van der Waals surface area contributed by atoms with E-state index >= 15 is 0 Å². The van der Waals surface area contributed by atoms with E-state index in [0.29, 0.717) is 0 Å². The van der Waals surface area contributed by atoms with Crippen LogP contribution in [0.1, 0.15) is 5.56 Å². The summed E-state index contributed by atoms with van der Waals surface area (Å²) in [6, 6.07) is 2.10. The monoisotopic (exact) mass is 246 g/mol. The van der Waals surface area contributed by atoms with E-state index in [4.69, 9.17) is 0 Å². The molecule has 1 amide bonds. The van der Waals surface area contributed by atoms with Crippen LogP contribution >= 0.6 is 23.7 Å². The topological polar surface area (TPSA) is 41.1 Å². The summed E-state index contributed by atoms with van der Waals surface area (Å²) >= 11 is 1.70. The standard InChI is InChI=1S/C10H14N2OS.ClH/c13-10(9-5-11-6-9)12-3-1-8-2-4-14-7-8;/h2,4,7,9,11H,1,3,5-6H2,(H,12,13);1H. The van der Waals surface area contributed by atoms with Crippen LogP contribution in [0, 0.1) is 5.92 Å². The molecule has 1 fully saturated rings. The normalized spacial score (nSPS) is 15.2. The third kappa shape index (κ3) is 3.48. The Hall–Kier alpha value is -0.580. The van der Waals surface area contributed by atoms with Crippen molar-refractivity contribution in [3.8, 4) is 0 Å². The number of carbonyl (C=O) groups excluding carboxylic acids is 1. The molecule has 2 N–H and O–H groups in total. The van der Waals surface area contributed by atoms with Crippen LogP contribution < -0.4 is 10.6 Å². The van der Waals surface area contributed by atoms with Crippen LogP contribution in [0.25, 0.3) is 0 Å². The maximum absolute atomic E-state index is 11.4. The van der Waals surface area contributed by atoms with Crippen LogP contribution in [0.3, 0.4) is 0 Å². The number of hydrogen-bond acceptors (Lipinski definition) is 3. The van der Waals surface area contributed by atoms with Gasteiger partial charge in [-0.2, -0.15) is 11.3 Å². The van der Waals surface area contributed by atoms with E-state index in [-0.39, 0.29) is 24.2 Å². The smallest absolute Gasteiger partial charge is 0.225 e. The molecule has 0 aromatic carbocycles. The largest absolute Gasteiger partial charge is 0.355 e. The van der Waals surface area contributed by atoms with Gasteiger partial charge in [-0.3, -0.25) is 4.79 Å². The second-order valence-corrected chi connectivity index (χ2v) is 4.31. The minimum atomic E-state index is 0. The molecule has 84 valence electrons. The summed E-state index contributed by atoms with van der Waals surface area (Å²) in [6.45, 7) is 2.43. The molecule has 0 atom stereocenters. The van der Waals surface area contributed by atoms with E-state index in [1.807, 2.05) is 0 Å². The number of thiophene rings is 1. The molecule has 1 aromatic heterocycles. The molecule has 0 spiro atoms. The third-order valence-electron chi connectivity index (χ3n) is 2.45. The van der Waals surface area contributed by atoms with Crippen molar-refractivity contribution < 1.29 is 4.79 Å². The van der Waals surface area contributed by atoms with Gasteiger partial charge < -0.3 is 10.6 Å². The lowest BCUT2D eigenvalue weighted by molar-refractivity contribution is -0.126. The highest BCUT2D eigenvalue weighted by Gasteiger charge is 2.23. The number of halogens is 1. The van der Waals surface area contributed by atoms with Crippen molar-refractivity contribution >= 4 is 29.7 Å². The average Bonchev–Trinajstić information content (AvgIpc) is 2.53. The van der Waals surface area contributed by atoms with E-state index in [1.54, 1.807) is 11.3 Å². The molecule has 2 rings (SSSR count). The predicted octanol–water partition coefficient (Wildman–Crippen LogP) is 1.05. The average molecular weight is 247 g/mol. The molecule has 15 heavy (non-hydrogen) atoms. The second-order valence-electron chi connectivity index (χ2n) is 3.53. The lowest BCUT2D eigenvalue weighted by Crippen LogP contribution is -2.51. The second kappa shape index (κ2) is 6.10. The van der Waals surface area contributed by atoms with E-state index in [2.05, 4.69) is 27.5 Å². The van der Waals surface area contributed by atoms with Crippen LogP contribution in [0.2, 0.25) is 0 Å². The fraction of sp³-hybridized carbons (Fsp3) is 0.500. The zero-order chi connectivity index (χ0) is 9.80. The van der Waals surface area contributed by atoms with Crippen molar-refractivity contribution in [3.05, 3.63) is 22.4 Å². The maximum Gasteiger partial charge on any atom is 0.225 e. The van der Waals surface area contributed by atoms with Crippen molar-refractivity contribution in [2.75, 3.05) is 19.6 Å². The molecule has 3 nitrogen and oxygen atoms in total. The Labute approximate surface area is 99.7 Å². The Morgan fingerprint density at radius 1 is 1.60 bits per heavy atom. The molecular weight excluding hydrogens is 232 g/mol. The van der Waals surface area contributed by atoms with Crippen LogP contribution in [0.4, 0.5) is 0 Å². The fourth-order valence-electron chi connectivity index (χ4n) is 1.38. The molecule has 0 unspecified atom stereocenters. The molecule has 1 aromatic rings. The quantitative estimate of drug-likeness (QED) is 0.834. The Kier molecular flexibility index (Phi) is 5.08. The Morgan fingerprint density at radius 3 is 2.93 bits per heavy atom. The van der Waals surface area contributed by atoms with Gasteiger partial charge in [-0.15, -0.1) is 12.4 Å². The first kappa shape index (κ1) is 12.5. The fourth-order valence-corrected chi connectivity index (χ4v) is 2.09. The molecule has 0 saturated carbocycles. The summed E-state index contributed by atoms with van der Waals surface area (Å²) in [5.41, 5.74) is 1.31. The first-order valence-electron chi connectivity index (χ1n) is 4.86. The van der Waals surface area contributed by atoms with Gasteiger partial charge in [0.1, 0.15) is 0 Å². The maximum atomic E-state index is 11.4. The Morgan fingerprint density at radius 2 is 2.40 bits per heavy atom. The minimum Gasteiger partial charge on any atom is -0.355 e. The first-order chi connectivity index (χ1) is 6.86. The van der Waals surface area contributed by atoms with Gasteiger partial charge in [0, 0.05) is 19.6 Å². The highest BCUT2D eigenvalue weighted by Crippen LogP contribution is 2.06. The molecule has 2 heterocycles. The number of rotatable bonds is 4. The van der Waals surface area contributed by atoms with E-state index in [0.717, 1.165) is 26.1 Å². The summed E-state index contributed by atoms with van der Waals surface area (Å²) in [7, 11) is 0. The van der Waals surface area contributed by atoms with Crippen molar-refractivity contribution in [2.24, 2.45) is 5.92 Å². The van der Waals surface area contributed by atoms with Crippen LogP contribution in [0.15, 0.2) is 16.8 Å². The number of nitrogens with one attached hydrogen (secondary N) is 2. The van der Waals surface area contributed by atoms with Crippen molar-refractivity contribution in [1.29, 1.82) is 0 Å². The highest BCUT2D eigenvalue weighted by atomic mass is 35.5. The predicted molar refractivity (Wildman–Crippen MR) is 64.6 cm³/mol. The molecule has 1 aliphatic rings. The number of hydrogen-bond donors (Lipinski definition) is 2. The lowest BCUT2D eigenvalue weighted by atomic mass is 10.0. The van der Waals surface area contributed by atoms with E-state index < -0.39 is 0 Å². The molecule has 5 heteroatoms. The number of carbonyl (C=O) groups is 1. The van der Waals surface area contributed by atoms with Gasteiger partial charge >= 0.3 is 0 Å². The van der Waals surface area contributed by atoms with Crippen molar-refractivity contribution in [3.63, 3.8) is 0 Å². The summed E-state index contributed by atoms with van der Waals surface area (Å²) in [5.74, 6) is 0.399. The molecule has 0 radical (unpaired) electrons. The van der Waals surface area contributed by atoms with Gasteiger partial charge in [0.2, 0.25) is 5.91 Å². The summed E-state index contributed by atoms with van der Waals surface area (Å²) in [4.78, 5) is 11.4. The molecule has 1 aliphatic heterocycles. The third-order valence-corrected chi connectivity index (χ3v) is 3.18. The van der Waals surface area contributed by atoms with Gasteiger partial charge in [-0.05, 0) is 28.8 Å². The van der Waals surface area contributed by atoms with Crippen LogP contribution in [0.5, 0.6) is 0 Å². The Bertz CT molecular complexity index is 298. The lowest BCUT2D eigenvalue weighted by Gasteiger charge is -2.25. The minimum absolute atomic E-state index is 0. The zero-order valence-corrected chi connectivity index (χ0v) is 10.00. The summed E-state index contributed by atoms with van der Waals surface area (Å²) < 4.78 is 0.